The van der Waals surface area contributed by atoms with Crippen LogP contribution in [0, 0.1) is 0 Å². The van der Waals surface area contributed by atoms with Gasteiger partial charge in [-0.3, -0.25) is 0 Å². The molecule has 96 valence electrons. The van der Waals surface area contributed by atoms with E-state index < -0.39 is 12.1 Å². The van der Waals surface area contributed by atoms with Crippen molar-refractivity contribution < 1.29 is 14.6 Å². The molecule has 0 aliphatic carbocycles. The summed E-state index contributed by atoms with van der Waals surface area (Å²) in [5.41, 5.74) is 0.546. The number of aliphatic hydroxyl groups excluding tert-OH is 1. The maximum absolute atomic E-state index is 11.5. The van der Waals surface area contributed by atoms with Gasteiger partial charge in [0.25, 0.3) is 0 Å². The molecule has 3 nitrogen and oxygen atoms in total. The normalized spacial score (nSPS) is 12.3. The van der Waals surface area contributed by atoms with Crippen LogP contribution in [0.3, 0.4) is 0 Å². The van der Waals surface area contributed by atoms with Gasteiger partial charge in [-0.25, -0.2) is 4.79 Å². The molecule has 0 saturated heterocycles. The molecule has 0 aliphatic heterocycles. The molecule has 0 aromatic heterocycles. The number of benzene rings is 1. The summed E-state index contributed by atoms with van der Waals surface area (Å²) in [6.45, 7) is 3.87. The summed E-state index contributed by atoms with van der Waals surface area (Å²) in [5.74, 6) is -0.613. The van der Waals surface area contributed by atoms with Crippen LogP contribution in [0.5, 0.6) is 0 Å². The van der Waals surface area contributed by atoms with Gasteiger partial charge < -0.3 is 9.84 Å². The number of aliphatic hydroxyl groups is 1. The smallest absolute Gasteiger partial charge is 0.339 e. The molecule has 0 bridgehead atoms. The first-order chi connectivity index (χ1) is 8.75. The molecular formula is C15H18O3. The van der Waals surface area contributed by atoms with Gasteiger partial charge in [0.15, 0.2) is 6.10 Å². The molecule has 1 aromatic rings. The fraction of sp³-hybridized carbons (Fsp3) is 0.267. The van der Waals surface area contributed by atoms with Crippen LogP contribution >= 0.6 is 0 Å². The molecule has 0 spiro atoms. The minimum absolute atomic E-state index is 0.274. The number of hydrogen-bond donors (Lipinski definition) is 1. The van der Waals surface area contributed by atoms with Crippen molar-refractivity contribution in [1.29, 1.82) is 0 Å². The molecule has 0 heterocycles. The Balaban J connectivity index is 2.31. The molecular weight excluding hydrogens is 228 g/mol. The highest BCUT2D eigenvalue weighted by atomic mass is 16.5. The van der Waals surface area contributed by atoms with Gasteiger partial charge in [-0.2, -0.15) is 0 Å². The van der Waals surface area contributed by atoms with Crippen molar-refractivity contribution in [3.05, 3.63) is 60.7 Å². The average molecular weight is 246 g/mol. The third-order valence-electron chi connectivity index (χ3n) is 2.34. The van der Waals surface area contributed by atoms with Crippen molar-refractivity contribution in [1.82, 2.24) is 0 Å². The van der Waals surface area contributed by atoms with E-state index in [1.165, 1.54) is 0 Å². The van der Waals surface area contributed by atoms with Gasteiger partial charge in [-0.05, 0) is 18.4 Å². The van der Waals surface area contributed by atoms with Crippen LogP contribution in [-0.4, -0.2) is 17.7 Å². The SMILES string of the molecule is C=CC/C=C/CCOC(=O)C(O)c1ccccc1. The lowest BCUT2D eigenvalue weighted by Gasteiger charge is -2.09. The summed E-state index contributed by atoms with van der Waals surface area (Å²) >= 11 is 0. The lowest BCUT2D eigenvalue weighted by molar-refractivity contribution is -0.153. The lowest BCUT2D eigenvalue weighted by atomic mass is 10.1. The molecule has 1 N–H and O–H groups in total. The number of rotatable bonds is 7. The maximum atomic E-state index is 11.5. The zero-order chi connectivity index (χ0) is 13.2. The van der Waals surface area contributed by atoms with Crippen molar-refractivity contribution in [2.24, 2.45) is 0 Å². The predicted molar refractivity (Wildman–Crippen MR) is 70.9 cm³/mol. The second kappa shape index (κ2) is 8.25. The molecule has 1 aromatic carbocycles. The average Bonchev–Trinajstić information content (AvgIpc) is 2.42. The summed E-state index contributed by atoms with van der Waals surface area (Å²) in [6.07, 6.45) is 5.91. The van der Waals surface area contributed by atoms with Crippen LogP contribution in [0.1, 0.15) is 24.5 Å². The number of allylic oxidation sites excluding steroid dienone is 2. The van der Waals surface area contributed by atoms with Crippen molar-refractivity contribution >= 4 is 5.97 Å². The summed E-state index contributed by atoms with van der Waals surface area (Å²) in [7, 11) is 0. The number of esters is 1. The topological polar surface area (TPSA) is 46.5 Å². The van der Waals surface area contributed by atoms with E-state index in [1.807, 2.05) is 18.2 Å². The van der Waals surface area contributed by atoms with Crippen LogP contribution in [0.15, 0.2) is 55.1 Å². The molecule has 1 rings (SSSR count). The molecule has 0 amide bonds. The molecule has 0 radical (unpaired) electrons. The second-order valence-electron chi connectivity index (χ2n) is 3.77. The molecule has 0 saturated carbocycles. The Bertz CT molecular complexity index is 395. The van der Waals surface area contributed by atoms with E-state index >= 15 is 0 Å². The van der Waals surface area contributed by atoms with E-state index in [1.54, 1.807) is 30.3 Å². The zero-order valence-electron chi connectivity index (χ0n) is 10.3. The van der Waals surface area contributed by atoms with Crippen LogP contribution < -0.4 is 0 Å². The molecule has 1 atom stereocenters. The van der Waals surface area contributed by atoms with E-state index in [4.69, 9.17) is 4.74 Å². The van der Waals surface area contributed by atoms with E-state index in [2.05, 4.69) is 6.58 Å². The van der Waals surface area contributed by atoms with Gasteiger partial charge in [-0.15, -0.1) is 6.58 Å². The van der Waals surface area contributed by atoms with Gasteiger partial charge in [0, 0.05) is 0 Å². The summed E-state index contributed by atoms with van der Waals surface area (Å²) < 4.78 is 4.97. The Kier molecular flexibility index (Phi) is 6.51. The quantitative estimate of drug-likeness (QED) is 0.457. The van der Waals surface area contributed by atoms with Crippen LogP contribution in [0.25, 0.3) is 0 Å². The van der Waals surface area contributed by atoms with Crippen LogP contribution in [0.4, 0.5) is 0 Å². The van der Waals surface area contributed by atoms with Gasteiger partial charge >= 0.3 is 5.97 Å². The highest BCUT2D eigenvalue weighted by Crippen LogP contribution is 2.13. The standard InChI is InChI=1S/C15H18O3/c1-2-3-4-5-9-12-18-15(17)14(16)13-10-7-6-8-11-13/h2,4-8,10-11,14,16H,1,3,9,12H2/b5-4+. The Labute approximate surface area is 107 Å². The lowest BCUT2D eigenvalue weighted by Crippen LogP contribution is -2.15. The zero-order valence-corrected chi connectivity index (χ0v) is 10.3. The molecule has 0 fully saturated rings. The highest BCUT2D eigenvalue weighted by molar-refractivity contribution is 5.76. The molecule has 3 heteroatoms. The monoisotopic (exact) mass is 246 g/mol. The van der Waals surface area contributed by atoms with E-state index in [0.29, 0.717) is 12.0 Å². The minimum Gasteiger partial charge on any atom is -0.463 e. The fourth-order valence-electron chi connectivity index (χ4n) is 1.39. The number of carbonyl (C=O) groups excluding carboxylic acids is 1. The van der Waals surface area contributed by atoms with Gasteiger partial charge in [0.1, 0.15) is 0 Å². The van der Waals surface area contributed by atoms with Gasteiger partial charge in [0.05, 0.1) is 6.61 Å². The van der Waals surface area contributed by atoms with Gasteiger partial charge in [-0.1, -0.05) is 48.6 Å². The summed E-state index contributed by atoms with van der Waals surface area (Å²) in [6, 6.07) is 8.74. The van der Waals surface area contributed by atoms with Crippen LogP contribution in [-0.2, 0) is 9.53 Å². The van der Waals surface area contributed by atoms with Crippen molar-refractivity contribution in [2.75, 3.05) is 6.61 Å². The summed E-state index contributed by atoms with van der Waals surface area (Å²) in [4.78, 5) is 11.5. The third-order valence-corrected chi connectivity index (χ3v) is 2.34. The first-order valence-electron chi connectivity index (χ1n) is 5.91. The van der Waals surface area contributed by atoms with E-state index in [9.17, 15) is 9.90 Å². The Hall–Kier alpha value is -1.87. The minimum atomic E-state index is -1.21. The Morgan fingerprint density at radius 3 is 2.72 bits per heavy atom. The Morgan fingerprint density at radius 1 is 1.33 bits per heavy atom. The fourth-order valence-corrected chi connectivity index (χ4v) is 1.39. The molecule has 18 heavy (non-hydrogen) atoms. The molecule has 0 aliphatic rings. The Morgan fingerprint density at radius 2 is 2.06 bits per heavy atom. The van der Waals surface area contributed by atoms with Gasteiger partial charge in [0.2, 0.25) is 0 Å². The number of hydrogen-bond acceptors (Lipinski definition) is 3. The third kappa shape index (κ3) is 4.97. The van der Waals surface area contributed by atoms with E-state index in [0.717, 1.165) is 6.42 Å². The second-order valence-corrected chi connectivity index (χ2v) is 3.77. The summed E-state index contributed by atoms with van der Waals surface area (Å²) in [5, 5.41) is 9.72. The van der Waals surface area contributed by atoms with Crippen molar-refractivity contribution in [3.8, 4) is 0 Å². The largest absolute Gasteiger partial charge is 0.463 e. The first kappa shape index (κ1) is 14.2. The van der Waals surface area contributed by atoms with E-state index in [-0.39, 0.29) is 6.61 Å². The van der Waals surface area contributed by atoms with Crippen LogP contribution in [0.2, 0.25) is 0 Å². The highest BCUT2D eigenvalue weighted by Gasteiger charge is 2.17. The first-order valence-corrected chi connectivity index (χ1v) is 5.91. The van der Waals surface area contributed by atoms with Crippen molar-refractivity contribution in [2.45, 2.75) is 18.9 Å². The predicted octanol–water partition coefficient (Wildman–Crippen LogP) is 2.79. The molecule has 1 unspecified atom stereocenters. The number of carbonyl (C=O) groups is 1. The number of ether oxygens (including phenoxy) is 1. The van der Waals surface area contributed by atoms with Crippen molar-refractivity contribution in [3.63, 3.8) is 0 Å². The maximum Gasteiger partial charge on any atom is 0.339 e.